The number of nitrogens with zero attached hydrogens (tertiary/aromatic N) is 4. The third kappa shape index (κ3) is 2.63. The van der Waals surface area contributed by atoms with Crippen LogP contribution in [0.4, 0.5) is 14.6 Å². The molecule has 3 aromatic rings. The van der Waals surface area contributed by atoms with Crippen LogP contribution in [-0.2, 0) is 0 Å². The molecule has 0 N–H and O–H groups in total. The summed E-state index contributed by atoms with van der Waals surface area (Å²) in [5.74, 6) is -1.90. The molecule has 1 saturated heterocycles. The molecule has 25 heavy (non-hydrogen) atoms. The van der Waals surface area contributed by atoms with E-state index in [2.05, 4.69) is 10.2 Å². The molecule has 3 heterocycles. The maximum atomic E-state index is 13.5. The highest BCUT2D eigenvalue weighted by Crippen LogP contribution is 2.34. The minimum Gasteiger partial charge on any atom is -0.357 e. The zero-order valence-corrected chi connectivity index (χ0v) is 14.1. The number of ketones is 1. The van der Waals surface area contributed by atoms with Crippen molar-refractivity contribution in [2.45, 2.75) is 32.6 Å². The molecule has 0 radical (unpaired) electrons. The number of aryl methyl sites for hydroxylation is 1. The van der Waals surface area contributed by atoms with E-state index in [9.17, 15) is 13.6 Å². The van der Waals surface area contributed by atoms with Crippen LogP contribution in [-0.4, -0.2) is 39.4 Å². The molecule has 4 rings (SSSR count). The van der Waals surface area contributed by atoms with Crippen LogP contribution >= 0.6 is 0 Å². The van der Waals surface area contributed by atoms with Crippen LogP contribution in [0.3, 0.4) is 0 Å². The lowest BCUT2D eigenvalue weighted by atomic mass is 9.99. The zero-order valence-electron chi connectivity index (χ0n) is 14.1. The lowest BCUT2D eigenvalue weighted by Gasteiger charge is -2.33. The number of hydrogen-bond donors (Lipinski definition) is 0. The standard InChI is InChI=1S/C18H18F2N4O/c1-11-7-13(12(2)25)14-9-16(23-5-3-18(19,20)4-6-23)24-10-21-22-17(24)15(14)8-11/h7-10H,3-6H2,1-2H3. The first-order valence-corrected chi connectivity index (χ1v) is 8.26. The van der Waals surface area contributed by atoms with Gasteiger partial charge >= 0.3 is 0 Å². The van der Waals surface area contributed by atoms with Crippen LogP contribution in [0.5, 0.6) is 0 Å². The van der Waals surface area contributed by atoms with Crippen molar-refractivity contribution in [1.82, 2.24) is 14.6 Å². The van der Waals surface area contributed by atoms with E-state index in [4.69, 9.17) is 0 Å². The first kappa shape index (κ1) is 15.9. The van der Waals surface area contributed by atoms with Crippen molar-refractivity contribution < 1.29 is 13.6 Å². The molecule has 130 valence electrons. The Morgan fingerprint density at radius 3 is 2.56 bits per heavy atom. The van der Waals surface area contributed by atoms with Gasteiger partial charge in [-0.1, -0.05) is 0 Å². The fourth-order valence-electron chi connectivity index (χ4n) is 3.52. The fourth-order valence-corrected chi connectivity index (χ4v) is 3.52. The van der Waals surface area contributed by atoms with E-state index >= 15 is 0 Å². The fraction of sp³-hybridized carbons (Fsp3) is 0.389. The predicted octanol–water partition coefficient (Wildman–Crippen LogP) is 3.63. The van der Waals surface area contributed by atoms with E-state index in [1.165, 1.54) is 6.92 Å². The first-order valence-electron chi connectivity index (χ1n) is 8.26. The van der Waals surface area contributed by atoms with Gasteiger partial charge in [-0.2, -0.15) is 0 Å². The molecule has 7 heteroatoms. The minimum absolute atomic E-state index is 0.0336. The average Bonchev–Trinajstić information content (AvgIpc) is 3.03. The van der Waals surface area contributed by atoms with Gasteiger partial charge in [0.2, 0.25) is 0 Å². The summed E-state index contributed by atoms with van der Waals surface area (Å²) < 4.78 is 28.8. The lowest BCUT2D eigenvalue weighted by Crippen LogP contribution is -2.40. The summed E-state index contributed by atoms with van der Waals surface area (Å²) in [6.07, 6.45) is 1.23. The number of carbonyl (C=O) groups excluding carboxylic acids is 1. The minimum atomic E-state index is -2.61. The number of fused-ring (bicyclic) bond motifs is 3. The van der Waals surface area contributed by atoms with Crippen molar-refractivity contribution >= 4 is 28.0 Å². The Balaban J connectivity index is 1.95. The second-order valence-corrected chi connectivity index (χ2v) is 6.70. The maximum absolute atomic E-state index is 13.5. The van der Waals surface area contributed by atoms with Gasteiger partial charge in [-0.25, -0.2) is 8.78 Å². The van der Waals surface area contributed by atoms with Gasteiger partial charge in [0.15, 0.2) is 11.4 Å². The second-order valence-electron chi connectivity index (χ2n) is 6.70. The zero-order chi connectivity index (χ0) is 17.8. The maximum Gasteiger partial charge on any atom is 0.251 e. The Bertz CT molecular complexity index is 986. The van der Waals surface area contributed by atoms with Gasteiger partial charge in [-0.3, -0.25) is 9.20 Å². The average molecular weight is 344 g/mol. The van der Waals surface area contributed by atoms with Crippen molar-refractivity contribution in [3.8, 4) is 0 Å². The molecule has 0 saturated carbocycles. The van der Waals surface area contributed by atoms with Gasteiger partial charge in [-0.05, 0) is 43.0 Å². The van der Waals surface area contributed by atoms with Crippen LogP contribution < -0.4 is 4.90 Å². The quantitative estimate of drug-likeness (QED) is 0.666. The number of carbonyl (C=O) groups is 1. The summed E-state index contributed by atoms with van der Waals surface area (Å²) >= 11 is 0. The molecule has 0 unspecified atom stereocenters. The van der Waals surface area contributed by atoms with Crippen LogP contribution in [0.2, 0.25) is 0 Å². The lowest BCUT2D eigenvalue weighted by molar-refractivity contribution is -0.0221. The Morgan fingerprint density at radius 1 is 1.16 bits per heavy atom. The summed E-state index contributed by atoms with van der Waals surface area (Å²) in [5.41, 5.74) is 2.22. The molecular weight excluding hydrogens is 326 g/mol. The second kappa shape index (κ2) is 5.47. The van der Waals surface area contributed by atoms with Crippen LogP contribution in [0.1, 0.15) is 35.7 Å². The van der Waals surface area contributed by atoms with Crippen molar-refractivity contribution in [1.29, 1.82) is 0 Å². The monoisotopic (exact) mass is 344 g/mol. The molecule has 0 spiro atoms. The topological polar surface area (TPSA) is 50.5 Å². The van der Waals surface area contributed by atoms with Crippen molar-refractivity contribution in [2.24, 2.45) is 0 Å². The molecule has 2 aromatic heterocycles. The Labute approximate surface area is 143 Å². The molecule has 0 bridgehead atoms. The number of pyridine rings is 1. The number of piperidine rings is 1. The summed E-state index contributed by atoms with van der Waals surface area (Å²) in [6.45, 7) is 3.98. The van der Waals surface area contributed by atoms with E-state index in [1.54, 1.807) is 6.33 Å². The Morgan fingerprint density at radius 2 is 1.88 bits per heavy atom. The summed E-state index contributed by atoms with van der Waals surface area (Å²) in [7, 11) is 0. The normalized spacial score (nSPS) is 17.4. The largest absolute Gasteiger partial charge is 0.357 e. The summed E-state index contributed by atoms with van der Waals surface area (Å²) in [4.78, 5) is 14.0. The van der Waals surface area contributed by atoms with Gasteiger partial charge in [0.05, 0.1) is 0 Å². The number of hydrogen-bond acceptors (Lipinski definition) is 4. The molecule has 1 aliphatic rings. The van der Waals surface area contributed by atoms with E-state index in [0.717, 1.165) is 22.2 Å². The van der Waals surface area contributed by atoms with Crippen LogP contribution in [0.15, 0.2) is 24.5 Å². The number of alkyl halides is 2. The third-order valence-corrected chi connectivity index (χ3v) is 4.83. The van der Waals surface area contributed by atoms with Crippen LogP contribution in [0, 0.1) is 6.92 Å². The SMILES string of the molecule is CC(=O)c1cc(C)cc2c1cc(N1CCC(F)(F)CC1)n1cnnc21. The summed E-state index contributed by atoms with van der Waals surface area (Å²) in [5, 5.41) is 9.82. The number of halogens is 2. The van der Waals surface area contributed by atoms with Gasteiger partial charge in [0.25, 0.3) is 5.92 Å². The number of benzene rings is 1. The molecule has 0 aliphatic carbocycles. The smallest absolute Gasteiger partial charge is 0.251 e. The van der Waals surface area contributed by atoms with E-state index in [0.29, 0.717) is 11.2 Å². The van der Waals surface area contributed by atoms with Crippen molar-refractivity contribution in [3.63, 3.8) is 0 Å². The van der Waals surface area contributed by atoms with Gasteiger partial charge in [-0.15, -0.1) is 10.2 Å². The van der Waals surface area contributed by atoms with E-state index in [-0.39, 0.29) is 31.7 Å². The van der Waals surface area contributed by atoms with Crippen LogP contribution in [0.25, 0.3) is 16.4 Å². The third-order valence-electron chi connectivity index (χ3n) is 4.83. The molecular formula is C18H18F2N4O. The molecule has 1 aliphatic heterocycles. The molecule has 0 amide bonds. The summed E-state index contributed by atoms with van der Waals surface area (Å²) in [6, 6.07) is 5.72. The number of aromatic nitrogens is 3. The van der Waals surface area contributed by atoms with E-state index < -0.39 is 5.92 Å². The molecule has 5 nitrogen and oxygen atoms in total. The highest BCUT2D eigenvalue weighted by Gasteiger charge is 2.34. The number of anilines is 1. The highest BCUT2D eigenvalue weighted by atomic mass is 19.3. The Kier molecular flexibility index (Phi) is 3.49. The van der Waals surface area contributed by atoms with Gasteiger partial charge in [0, 0.05) is 36.9 Å². The molecule has 1 aromatic carbocycles. The highest BCUT2D eigenvalue weighted by molar-refractivity contribution is 6.11. The van der Waals surface area contributed by atoms with Crippen molar-refractivity contribution in [3.05, 3.63) is 35.7 Å². The first-order chi connectivity index (χ1) is 11.9. The number of Topliss-reactive ketones (excluding diaryl/α,β-unsaturated/α-hetero) is 1. The number of rotatable bonds is 2. The van der Waals surface area contributed by atoms with Crippen molar-refractivity contribution in [2.75, 3.05) is 18.0 Å². The van der Waals surface area contributed by atoms with Gasteiger partial charge in [0.1, 0.15) is 12.1 Å². The Hall–Kier alpha value is -2.57. The molecule has 1 fully saturated rings. The van der Waals surface area contributed by atoms with Gasteiger partial charge < -0.3 is 4.90 Å². The van der Waals surface area contributed by atoms with E-state index in [1.807, 2.05) is 34.4 Å². The predicted molar refractivity (Wildman–Crippen MR) is 91.6 cm³/mol. The molecule has 0 atom stereocenters.